The maximum absolute atomic E-state index is 10.9. The minimum atomic E-state index is -1.01. The molecule has 0 spiro atoms. The number of nitrogens with zero attached hydrogens (tertiary/aromatic N) is 2. The molecule has 0 aliphatic heterocycles. The van der Waals surface area contributed by atoms with Crippen molar-refractivity contribution in [2.75, 3.05) is 27.2 Å². The zero-order valence-electron chi connectivity index (χ0n) is 12.1. The van der Waals surface area contributed by atoms with Crippen LogP contribution in [-0.4, -0.2) is 48.2 Å². The lowest BCUT2D eigenvalue weighted by Gasteiger charge is -2.12. The van der Waals surface area contributed by atoms with Gasteiger partial charge in [0.15, 0.2) is 5.69 Å². The first-order chi connectivity index (χ1) is 10.1. The number of ether oxygens (including phenoxy) is 1. The van der Waals surface area contributed by atoms with Crippen molar-refractivity contribution in [3.05, 3.63) is 35.3 Å². The third kappa shape index (κ3) is 4.27. The van der Waals surface area contributed by atoms with Crippen LogP contribution in [0.25, 0.3) is 10.6 Å². The Kier molecular flexibility index (Phi) is 5.30. The van der Waals surface area contributed by atoms with Gasteiger partial charge >= 0.3 is 5.97 Å². The minimum absolute atomic E-state index is 0.0670. The van der Waals surface area contributed by atoms with Crippen LogP contribution in [0.15, 0.2) is 29.6 Å². The first kappa shape index (κ1) is 15.5. The molecule has 1 aromatic heterocycles. The van der Waals surface area contributed by atoms with Crippen molar-refractivity contribution < 1.29 is 14.6 Å². The molecule has 0 saturated carbocycles. The predicted molar refractivity (Wildman–Crippen MR) is 83.2 cm³/mol. The molecule has 112 valence electrons. The van der Waals surface area contributed by atoms with Crippen LogP contribution in [-0.2, 0) is 0 Å². The summed E-state index contributed by atoms with van der Waals surface area (Å²) in [4.78, 5) is 17.1. The van der Waals surface area contributed by atoms with Crippen LogP contribution in [0, 0.1) is 0 Å². The molecule has 6 heteroatoms. The van der Waals surface area contributed by atoms with E-state index in [1.165, 1.54) is 11.3 Å². The third-order valence-corrected chi connectivity index (χ3v) is 3.72. The summed E-state index contributed by atoms with van der Waals surface area (Å²) in [7, 11) is 4.05. The van der Waals surface area contributed by atoms with E-state index in [2.05, 4.69) is 9.88 Å². The maximum atomic E-state index is 10.9. The van der Waals surface area contributed by atoms with Gasteiger partial charge in [0.05, 0.1) is 12.2 Å². The molecule has 0 aliphatic rings. The number of thiazole rings is 1. The zero-order chi connectivity index (χ0) is 15.2. The lowest BCUT2D eigenvalue weighted by Crippen LogP contribution is -2.15. The molecule has 1 N–H and O–H groups in total. The predicted octanol–water partition coefficient (Wildman–Crippen LogP) is 2.84. The Bertz CT molecular complexity index is 610. The fraction of sp³-hybridized carbons (Fsp3) is 0.333. The van der Waals surface area contributed by atoms with E-state index >= 15 is 0 Å². The van der Waals surface area contributed by atoms with E-state index in [4.69, 9.17) is 9.84 Å². The van der Waals surface area contributed by atoms with Crippen molar-refractivity contribution in [3.8, 4) is 16.3 Å². The van der Waals surface area contributed by atoms with E-state index in [-0.39, 0.29) is 5.69 Å². The molecule has 0 aliphatic carbocycles. The number of carboxylic acid groups (broad SMARTS) is 1. The smallest absolute Gasteiger partial charge is 0.355 e. The highest BCUT2D eigenvalue weighted by molar-refractivity contribution is 7.13. The molecule has 21 heavy (non-hydrogen) atoms. The lowest BCUT2D eigenvalue weighted by molar-refractivity contribution is 0.0691. The largest absolute Gasteiger partial charge is 0.493 e. The number of hydrogen-bond acceptors (Lipinski definition) is 5. The van der Waals surface area contributed by atoms with Crippen LogP contribution in [0.1, 0.15) is 16.9 Å². The third-order valence-electron chi connectivity index (χ3n) is 2.85. The number of benzene rings is 1. The van der Waals surface area contributed by atoms with Gasteiger partial charge in [-0.3, -0.25) is 0 Å². The Labute approximate surface area is 127 Å². The number of carbonyl (C=O) groups is 1. The molecule has 0 saturated heterocycles. The second-order valence-corrected chi connectivity index (χ2v) is 5.70. The van der Waals surface area contributed by atoms with Gasteiger partial charge in [-0.15, -0.1) is 11.3 Å². The molecular formula is C15H18N2O3S. The molecule has 0 unspecified atom stereocenters. The molecule has 2 aromatic rings. The lowest BCUT2D eigenvalue weighted by atomic mass is 10.2. The quantitative estimate of drug-likeness (QED) is 0.797. The summed E-state index contributed by atoms with van der Waals surface area (Å²) in [6.07, 6.45) is 0.930. The number of carboxylic acids is 1. The summed E-state index contributed by atoms with van der Waals surface area (Å²) in [5, 5.41) is 11.2. The van der Waals surface area contributed by atoms with Gasteiger partial charge in [0.1, 0.15) is 10.8 Å². The number of para-hydroxylation sites is 1. The number of rotatable bonds is 7. The minimum Gasteiger partial charge on any atom is -0.493 e. The Morgan fingerprint density at radius 2 is 2.14 bits per heavy atom. The van der Waals surface area contributed by atoms with E-state index < -0.39 is 5.97 Å². The molecule has 1 heterocycles. The SMILES string of the molecule is CN(C)CCCOc1ccccc1-c1nc(C(=O)O)cs1. The summed E-state index contributed by atoms with van der Waals surface area (Å²) in [6.45, 7) is 1.58. The second-order valence-electron chi connectivity index (χ2n) is 4.84. The van der Waals surface area contributed by atoms with Crippen LogP contribution in [0.3, 0.4) is 0 Å². The van der Waals surface area contributed by atoms with Gasteiger partial charge in [0.25, 0.3) is 0 Å². The summed E-state index contributed by atoms with van der Waals surface area (Å²) in [5.41, 5.74) is 0.900. The molecule has 0 fully saturated rings. The molecule has 0 radical (unpaired) electrons. The van der Waals surface area contributed by atoms with Gasteiger partial charge in [0, 0.05) is 11.9 Å². The van der Waals surface area contributed by atoms with E-state index in [0.29, 0.717) is 11.6 Å². The van der Waals surface area contributed by atoms with Crippen molar-refractivity contribution in [2.24, 2.45) is 0 Å². The highest BCUT2D eigenvalue weighted by atomic mass is 32.1. The van der Waals surface area contributed by atoms with E-state index in [0.717, 1.165) is 24.3 Å². The Hall–Kier alpha value is -1.92. The average Bonchev–Trinajstić information content (AvgIpc) is 2.93. The van der Waals surface area contributed by atoms with Gasteiger partial charge in [-0.2, -0.15) is 0 Å². The second kappa shape index (κ2) is 7.19. The van der Waals surface area contributed by atoms with Crippen LogP contribution in [0.2, 0.25) is 0 Å². The molecule has 5 nitrogen and oxygen atoms in total. The first-order valence-corrected chi connectivity index (χ1v) is 7.51. The zero-order valence-corrected chi connectivity index (χ0v) is 12.9. The van der Waals surface area contributed by atoms with Crippen molar-refractivity contribution in [1.82, 2.24) is 9.88 Å². The van der Waals surface area contributed by atoms with E-state index in [9.17, 15) is 4.79 Å². The molecule has 0 amide bonds. The Morgan fingerprint density at radius 1 is 1.38 bits per heavy atom. The van der Waals surface area contributed by atoms with Gasteiger partial charge in [-0.05, 0) is 32.6 Å². The van der Waals surface area contributed by atoms with Crippen molar-refractivity contribution >= 4 is 17.3 Å². The van der Waals surface area contributed by atoms with Gasteiger partial charge in [0.2, 0.25) is 0 Å². The van der Waals surface area contributed by atoms with Gasteiger partial charge in [-0.1, -0.05) is 12.1 Å². The normalized spacial score (nSPS) is 10.8. The fourth-order valence-corrected chi connectivity index (χ4v) is 2.65. The number of hydrogen-bond donors (Lipinski definition) is 1. The van der Waals surface area contributed by atoms with Crippen LogP contribution in [0.5, 0.6) is 5.75 Å². The highest BCUT2D eigenvalue weighted by Crippen LogP contribution is 2.32. The maximum Gasteiger partial charge on any atom is 0.355 e. The fourth-order valence-electron chi connectivity index (χ4n) is 1.83. The summed E-state index contributed by atoms with van der Waals surface area (Å²) in [6, 6.07) is 7.57. The Balaban J connectivity index is 2.10. The van der Waals surface area contributed by atoms with Gasteiger partial charge in [-0.25, -0.2) is 9.78 Å². The van der Waals surface area contributed by atoms with Crippen molar-refractivity contribution in [1.29, 1.82) is 0 Å². The first-order valence-electron chi connectivity index (χ1n) is 6.63. The molecule has 1 aromatic carbocycles. The molecule has 0 bridgehead atoms. The monoisotopic (exact) mass is 306 g/mol. The van der Waals surface area contributed by atoms with Crippen LogP contribution in [0.4, 0.5) is 0 Å². The average molecular weight is 306 g/mol. The summed E-state index contributed by atoms with van der Waals surface area (Å²) >= 11 is 1.31. The Morgan fingerprint density at radius 3 is 2.81 bits per heavy atom. The molecular weight excluding hydrogens is 288 g/mol. The van der Waals surface area contributed by atoms with Gasteiger partial charge < -0.3 is 14.7 Å². The van der Waals surface area contributed by atoms with Crippen LogP contribution < -0.4 is 4.74 Å². The van der Waals surface area contributed by atoms with Crippen molar-refractivity contribution in [2.45, 2.75) is 6.42 Å². The molecule has 2 rings (SSSR count). The van der Waals surface area contributed by atoms with E-state index in [1.807, 2.05) is 38.4 Å². The summed E-state index contributed by atoms with van der Waals surface area (Å²) < 4.78 is 5.80. The number of aromatic nitrogens is 1. The summed E-state index contributed by atoms with van der Waals surface area (Å²) in [5.74, 6) is -0.274. The number of aromatic carboxylic acids is 1. The standard InChI is InChI=1S/C15H18N2O3S/c1-17(2)8-5-9-20-13-7-4-3-6-11(13)14-16-12(10-21-14)15(18)19/h3-4,6-7,10H,5,8-9H2,1-2H3,(H,18,19). The topological polar surface area (TPSA) is 62.7 Å². The van der Waals surface area contributed by atoms with Crippen molar-refractivity contribution in [3.63, 3.8) is 0 Å². The highest BCUT2D eigenvalue weighted by Gasteiger charge is 2.13. The van der Waals surface area contributed by atoms with E-state index in [1.54, 1.807) is 5.38 Å². The van der Waals surface area contributed by atoms with Crippen LogP contribution >= 0.6 is 11.3 Å². The molecule has 0 atom stereocenters.